The predicted molar refractivity (Wildman–Crippen MR) is 111 cm³/mol. The normalized spacial score (nSPS) is 13.7. The van der Waals surface area contributed by atoms with Crippen molar-refractivity contribution >= 4 is 29.2 Å². The van der Waals surface area contributed by atoms with Crippen LogP contribution in [0.5, 0.6) is 0 Å². The topological polar surface area (TPSA) is 110 Å². The van der Waals surface area contributed by atoms with Crippen molar-refractivity contribution in [3.8, 4) is 11.5 Å². The molecule has 0 aliphatic heterocycles. The van der Waals surface area contributed by atoms with Gasteiger partial charge in [-0.15, -0.1) is 10.2 Å². The number of imidazole rings is 1. The maximum Gasteiger partial charge on any atom is 0.247 e. The van der Waals surface area contributed by atoms with Crippen molar-refractivity contribution in [1.82, 2.24) is 34.8 Å². The third kappa shape index (κ3) is 3.30. The third-order valence-corrected chi connectivity index (χ3v) is 5.83. The molecule has 4 heterocycles. The minimum Gasteiger partial charge on any atom is -0.423 e. The highest BCUT2D eigenvalue weighted by Crippen LogP contribution is 2.39. The molecule has 2 N–H and O–H groups in total. The number of anilines is 2. The van der Waals surface area contributed by atoms with Gasteiger partial charge in [-0.1, -0.05) is 11.8 Å². The number of hydrogen-bond donors (Lipinski definition) is 2. The number of aromatic amines is 1. The lowest BCUT2D eigenvalue weighted by Gasteiger charge is -2.08. The number of fused-ring (bicyclic) bond motifs is 1. The molecule has 9 nitrogen and oxygen atoms in total. The molecule has 1 aliphatic carbocycles. The molecule has 0 spiro atoms. The Bertz CT molecular complexity index is 1300. The molecular formula is C20H16N8OS. The molecule has 1 aromatic carbocycles. The Morgan fingerprint density at radius 3 is 2.87 bits per heavy atom. The van der Waals surface area contributed by atoms with Crippen LogP contribution in [0.2, 0.25) is 0 Å². The summed E-state index contributed by atoms with van der Waals surface area (Å²) < 4.78 is 7.15. The van der Waals surface area contributed by atoms with Gasteiger partial charge in [-0.2, -0.15) is 5.10 Å². The van der Waals surface area contributed by atoms with Crippen LogP contribution in [0, 0.1) is 0 Å². The summed E-state index contributed by atoms with van der Waals surface area (Å²) in [4.78, 5) is 10.3. The van der Waals surface area contributed by atoms with Gasteiger partial charge in [0, 0.05) is 46.6 Å². The van der Waals surface area contributed by atoms with E-state index in [9.17, 15) is 0 Å². The molecule has 0 amide bonds. The summed E-state index contributed by atoms with van der Waals surface area (Å²) in [5.74, 6) is 2.54. The summed E-state index contributed by atoms with van der Waals surface area (Å²) >= 11 is 1.56. The minimum absolute atomic E-state index is 0.500. The molecule has 0 unspecified atom stereocenters. The summed E-state index contributed by atoms with van der Waals surface area (Å²) in [6.45, 7) is 0. The standard InChI is InChI=1S/C20H16N8OS/c1-2-12(1)15-9-16(26-25-15)23-20-24-18(10-17-21-7-8-28(17)20)30-14-5-3-13(4-6-14)19-27-22-11-29-19/h3-12H,1-2H2,(H2,23,24,25,26). The smallest absolute Gasteiger partial charge is 0.247 e. The Morgan fingerprint density at radius 1 is 1.17 bits per heavy atom. The number of hydrogen-bond acceptors (Lipinski definition) is 8. The van der Waals surface area contributed by atoms with Crippen LogP contribution in [-0.2, 0) is 0 Å². The molecule has 0 atom stereocenters. The van der Waals surface area contributed by atoms with Crippen LogP contribution in [0.15, 0.2) is 69.5 Å². The average molecular weight is 416 g/mol. The monoisotopic (exact) mass is 416 g/mol. The van der Waals surface area contributed by atoms with E-state index < -0.39 is 0 Å². The van der Waals surface area contributed by atoms with E-state index in [1.165, 1.54) is 24.9 Å². The molecule has 1 fully saturated rings. The second-order valence-corrected chi connectivity index (χ2v) is 8.15. The first-order chi connectivity index (χ1) is 14.8. The van der Waals surface area contributed by atoms with Crippen LogP contribution >= 0.6 is 11.8 Å². The largest absolute Gasteiger partial charge is 0.423 e. The first-order valence-corrected chi connectivity index (χ1v) is 10.3. The van der Waals surface area contributed by atoms with Crippen molar-refractivity contribution in [2.75, 3.05) is 5.32 Å². The first-order valence-electron chi connectivity index (χ1n) is 9.53. The summed E-state index contributed by atoms with van der Waals surface area (Å²) in [6.07, 6.45) is 7.41. The van der Waals surface area contributed by atoms with Crippen molar-refractivity contribution in [3.05, 3.63) is 60.9 Å². The quantitative estimate of drug-likeness (QED) is 0.395. The van der Waals surface area contributed by atoms with E-state index in [4.69, 9.17) is 9.40 Å². The molecule has 1 aliphatic rings. The molecular weight excluding hydrogens is 400 g/mol. The van der Waals surface area contributed by atoms with Gasteiger partial charge in [0.25, 0.3) is 0 Å². The van der Waals surface area contributed by atoms with Gasteiger partial charge in [0.2, 0.25) is 18.2 Å². The van der Waals surface area contributed by atoms with Crippen molar-refractivity contribution in [2.24, 2.45) is 0 Å². The van der Waals surface area contributed by atoms with Crippen LogP contribution in [-0.4, -0.2) is 34.8 Å². The number of nitrogens with one attached hydrogen (secondary N) is 2. The van der Waals surface area contributed by atoms with Gasteiger partial charge in [-0.05, 0) is 37.1 Å². The Kier molecular flexibility index (Phi) is 4.01. The van der Waals surface area contributed by atoms with E-state index >= 15 is 0 Å². The summed E-state index contributed by atoms with van der Waals surface area (Å²) in [6, 6.07) is 11.9. The summed E-state index contributed by atoms with van der Waals surface area (Å²) in [5.41, 5.74) is 2.86. The summed E-state index contributed by atoms with van der Waals surface area (Å²) in [7, 11) is 0. The molecule has 0 radical (unpaired) electrons. The van der Waals surface area contributed by atoms with Crippen LogP contribution in [0.25, 0.3) is 17.1 Å². The number of rotatable bonds is 6. The Morgan fingerprint density at radius 2 is 2.07 bits per heavy atom. The lowest BCUT2D eigenvalue weighted by atomic mass is 10.2. The van der Waals surface area contributed by atoms with Gasteiger partial charge >= 0.3 is 0 Å². The van der Waals surface area contributed by atoms with Crippen molar-refractivity contribution in [2.45, 2.75) is 28.7 Å². The van der Waals surface area contributed by atoms with E-state index in [2.05, 4.69) is 36.8 Å². The highest BCUT2D eigenvalue weighted by molar-refractivity contribution is 7.99. The van der Waals surface area contributed by atoms with Crippen LogP contribution < -0.4 is 5.32 Å². The third-order valence-electron chi connectivity index (χ3n) is 4.90. The van der Waals surface area contributed by atoms with Gasteiger partial charge < -0.3 is 9.73 Å². The van der Waals surface area contributed by atoms with Crippen molar-refractivity contribution in [1.29, 1.82) is 0 Å². The number of aromatic nitrogens is 7. The van der Waals surface area contributed by atoms with Gasteiger partial charge in [0.15, 0.2) is 5.82 Å². The molecule has 148 valence electrons. The van der Waals surface area contributed by atoms with Crippen molar-refractivity contribution < 1.29 is 4.42 Å². The van der Waals surface area contributed by atoms with E-state index in [1.54, 1.807) is 18.0 Å². The average Bonchev–Trinajstić information content (AvgIpc) is 3.16. The Labute approximate surface area is 175 Å². The maximum atomic E-state index is 5.24. The second-order valence-electron chi connectivity index (χ2n) is 7.05. The van der Waals surface area contributed by atoms with E-state index in [0.29, 0.717) is 17.8 Å². The van der Waals surface area contributed by atoms with Crippen molar-refractivity contribution in [3.63, 3.8) is 0 Å². The predicted octanol–water partition coefficient (Wildman–Crippen LogP) is 4.27. The molecule has 5 aromatic rings. The minimum atomic E-state index is 0.500. The van der Waals surface area contributed by atoms with Gasteiger partial charge in [-0.25, -0.2) is 9.97 Å². The fourth-order valence-corrected chi connectivity index (χ4v) is 4.06. The fourth-order valence-electron chi connectivity index (χ4n) is 3.25. The zero-order valence-electron chi connectivity index (χ0n) is 15.7. The van der Waals surface area contributed by atoms with E-state index in [0.717, 1.165) is 26.9 Å². The van der Waals surface area contributed by atoms with Gasteiger partial charge in [0.05, 0.1) is 0 Å². The van der Waals surface area contributed by atoms with Gasteiger partial charge in [0.1, 0.15) is 10.7 Å². The molecule has 30 heavy (non-hydrogen) atoms. The van der Waals surface area contributed by atoms with Crippen LogP contribution in [0.4, 0.5) is 11.8 Å². The molecule has 0 bridgehead atoms. The zero-order valence-corrected chi connectivity index (χ0v) is 16.5. The first kappa shape index (κ1) is 17.2. The SMILES string of the molecule is c1cn2c(Nc3cc(C4CC4)[nH]n3)nc(Sc3ccc(-c4nnco4)cc3)cc2n1. The molecule has 10 heteroatoms. The Balaban J connectivity index is 1.28. The molecule has 6 rings (SSSR count). The lowest BCUT2D eigenvalue weighted by molar-refractivity contribution is 0.568. The van der Waals surface area contributed by atoms with Crippen LogP contribution in [0.3, 0.4) is 0 Å². The second kappa shape index (κ2) is 6.99. The molecule has 1 saturated carbocycles. The zero-order chi connectivity index (χ0) is 19.9. The van der Waals surface area contributed by atoms with E-state index in [1.807, 2.05) is 40.9 Å². The number of nitrogens with zero attached hydrogens (tertiary/aromatic N) is 6. The lowest BCUT2D eigenvalue weighted by Crippen LogP contribution is -2.02. The van der Waals surface area contributed by atoms with Crippen LogP contribution in [0.1, 0.15) is 24.5 Å². The Hall–Kier alpha value is -3.66. The maximum absolute atomic E-state index is 5.24. The molecule has 0 saturated heterocycles. The van der Waals surface area contributed by atoms with E-state index in [-0.39, 0.29) is 0 Å². The fraction of sp³-hybridized carbons (Fsp3) is 0.150. The number of benzene rings is 1. The molecule has 4 aromatic heterocycles. The number of H-pyrrole nitrogens is 1. The highest BCUT2D eigenvalue weighted by atomic mass is 32.2. The highest BCUT2D eigenvalue weighted by Gasteiger charge is 2.25. The van der Waals surface area contributed by atoms with Gasteiger partial charge in [-0.3, -0.25) is 9.50 Å². The summed E-state index contributed by atoms with van der Waals surface area (Å²) in [5, 5.41) is 19.3.